The Kier molecular flexibility index (Phi) is 6.21. The molecule has 170 valence electrons. The fourth-order valence-corrected chi connectivity index (χ4v) is 4.38. The zero-order valence-corrected chi connectivity index (χ0v) is 18.9. The van der Waals surface area contributed by atoms with Crippen LogP contribution in [-0.2, 0) is 28.2 Å². The van der Waals surface area contributed by atoms with E-state index in [2.05, 4.69) is 20.6 Å². The second-order valence-corrected chi connectivity index (χ2v) is 9.14. The lowest BCUT2D eigenvalue weighted by Crippen LogP contribution is -2.61. The minimum absolute atomic E-state index is 0.0506. The van der Waals surface area contributed by atoms with Gasteiger partial charge in [0.25, 0.3) is 0 Å². The summed E-state index contributed by atoms with van der Waals surface area (Å²) in [6, 6.07) is 8.84. The van der Waals surface area contributed by atoms with Gasteiger partial charge in [0, 0.05) is 16.6 Å². The number of rotatable bonds is 9. The maximum absolute atomic E-state index is 12.3. The largest absolute Gasteiger partial charge is 0.485 e. The number of hydrogen-bond acceptors (Lipinski definition) is 8. The third kappa shape index (κ3) is 5.28. The Labute approximate surface area is 190 Å². The number of carbonyl (C=O) groups is 1. The zero-order valence-electron chi connectivity index (χ0n) is 18.2. The van der Waals surface area contributed by atoms with Gasteiger partial charge in [-0.25, -0.2) is 0 Å². The summed E-state index contributed by atoms with van der Waals surface area (Å²) in [7, 11) is 0. The number of aromatic nitrogens is 3. The molecule has 1 aliphatic rings. The van der Waals surface area contributed by atoms with Crippen LogP contribution < -0.4 is 10.1 Å². The molecule has 1 saturated carbocycles. The first-order valence-corrected chi connectivity index (χ1v) is 10.6. The van der Waals surface area contributed by atoms with Crippen LogP contribution in [0.5, 0.6) is 5.75 Å². The molecule has 2 heterocycles. The molecule has 0 radical (unpaired) electrons. The fraction of sp³-hybridized carbons (Fsp3) is 0.455. The Morgan fingerprint density at radius 2 is 1.91 bits per heavy atom. The third-order valence-corrected chi connectivity index (χ3v) is 5.58. The number of nitrogens with zero attached hydrogens (tertiary/aromatic N) is 3. The first kappa shape index (κ1) is 22.3. The number of aryl methyl sites for hydroxylation is 1. The second-order valence-electron chi connectivity index (χ2n) is 8.70. The van der Waals surface area contributed by atoms with Crippen LogP contribution in [0.2, 0.25) is 5.02 Å². The highest BCUT2D eigenvalue weighted by molar-refractivity contribution is 6.30. The van der Waals surface area contributed by atoms with E-state index in [0.29, 0.717) is 46.8 Å². The molecule has 0 atom stereocenters. The van der Waals surface area contributed by atoms with Crippen LogP contribution in [-0.4, -0.2) is 33.4 Å². The minimum Gasteiger partial charge on any atom is -0.485 e. The van der Waals surface area contributed by atoms with Gasteiger partial charge in [-0.05, 0) is 51.0 Å². The fourth-order valence-electron chi connectivity index (χ4n) is 4.25. The Hall–Kier alpha value is -2.91. The van der Waals surface area contributed by atoms with E-state index in [0.717, 1.165) is 0 Å². The van der Waals surface area contributed by atoms with E-state index in [4.69, 9.17) is 30.1 Å². The molecule has 0 aliphatic heterocycles. The van der Waals surface area contributed by atoms with Crippen LogP contribution in [0.4, 0.5) is 0 Å². The number of nitrogens with one attached hydrogen (secondary N) is 1. The Morgan fingerprint density at radius 3 is 2.59 bits per heavy atom. The molecule has 0 saturated heterocycles. The van der Waals surface area contributed by atoms with Crippen LogP contribution >= 0.6 is 11.6 Å². The maximum Gasteiger partial charge on any atom is 0.246 e. The van der Waals surface area contributed by atoms with Gasteiger partial charge < -0.3 is 23.8 Å². The van der Waals surface area contributed by atoms with E-state index in [9.17, 15) is 4.79 Å². The molecule has 32 heavy (non-hydrogen) atoms. The van der Waals surface area contributed by atoms with Crippen molar-refractivity contribution in [3.05, 3.63) is 58.5 Å². The molecule has 10 heteroatoms. The summed E-state index contributed by atoms with van der Waals surface area (Å²) < 4.78 is 21.5. The van der Waals surface area contributed by atoms with Crippen molar-refractivity contribution in [2.45, 2.75) is 57.8 Å². The molecule has 1 aliphatic carbocycles. The molecule has 0 unspecified atom stereocenters. The van der Waals surface area contributed by atoms with Gasteiger partial charge in [0.05, 0.1) is 12.0 Å². The molecule has 9 nitrogen and oxygen atoms in total. The summed E-state index contributed by atoms with van der Waals surface area (Å²) in [5.74, 6) is 2.20. The van der Waals surface area contributed by atoms with Crippen LogP contribution in [0.3, 0.4) is 0 Å². The van der Waals surface area contributed by atoms with Gasteiger partial charge in [-0.15, -0.1) is 0 Å². The minimum atomic E-state index is -0.367. The van der Waals surface area contributed by atoms with Crippen LogP contribution in [0.15, 0.2) is 39.4 Å². The predicted molar refractivity (Wildman–Crippen MR) is 114 cm³/mol. The number of hydrogen-bond donors (Lipinski definition) is 1. The number of benzene rings is 1. The van der Waals surface area contributed by atoms with Crippen molar-refractivity contribution >= 4 is 17.5 Å². The first-order valence-electron chi connectivity index (χ1n) is 10.3. The van der Waals surface area contributed by atoms with E-state index in [1.165, 1.54) is 0 Å². The van der Waals surface area contributed by atoms with Gasteiger partial charge in [0.2, 0.25) is 17.6 Å². The van der Waals surface area contributed by atoms with Gasteiger partial charge in [0.1, 0.15) is 23.8 Å². The van der Waals surface area contributed by atoms with Gasteiger partial charge in [-0.3, -0.25) is 4.79 Å². The summed E-state index contributed by atoms with van der Waals surface area (Å²) >= 11 is 5.88. The number of ether oxygens (including phenoxy) is 2. The Morgan fingerprint density at radius 1 is 1.16 bits per heavy atom. The zero-order chi connectivity index (χ0) is 22.8. The molecule has 1 N–H and O–H groups in total. The number of carbonyl (C=O) groups excluding carboxylic acids is 1. The standard InChI is InChI=1S/C22H25ClN4O5/c1-14-8-16(26-31-14)9-29-11-19(28)25-22(3)12-21(2,13-22)20-24-18(27-32-20)10-30-17-6-4-15(23)5-7-17/h4-8H,9-13H2,1-3H3,(H,25,28). The summed E-state index contributed by atoms with van der Waals surface area (Å²) in [6.07, 6.45) is 1.35. The van der Waals surface area contributed by atoms with Crippen LogP contribution in [0.1, 0.15) is 49.9 Å². The molecule has 3 aromatic rings. The lowest BCUT2D eigenvalue weighted by atomic mass is 9.59. The quantitative estimate of drug-likeness (QED) is 0.513. The van der Waals surface area contributed by atoms with Gasteiger partial charge in [0.15, 0.2) is 6.61 Å². The van der Waals surface area contributed by atoms with E-state index < -0.39 is 0 Å². The highest BCUT2D eigenvalue weighted by Gasteiger charge is 2.53. The summed E-state index contributed by atoms with van der Waals surface area (Å²) in [5, 5.41) is 11.5. The number of halogens is 1. The highest BCUT2D eigenvalue weighted by atomic mass is 35.5. The molecule has 1 fully saturated rings. The molecule has 2 aromatic heterocycles. The second kappa shape index (κ2) is 8.91. The van der Waals surface area contributed by atoms with Gasteiger partial charge in [-0.1, -0.05) is 28.8 Å². The molecular formula is C22H25ClN4O5. The molecule has 0 bridgehead atoms. The lowest BCUT2D eigenvalue weighted by molar-refractivity contribution is -0.130. The summed E-state index contributed by atoms with van der Waals surface area (Å²) in [5.41, 5.74) is -0.0224. The van der Waals surface area contributed by atoms with E-state index >= 15 is 0 Å². The molecule has 1 amide bonds. The summed E-state index contributed by atoms with van der Waals surface area (Å²) in [4.78, 5) is 16.8. The third-order valence-electron chi connectivity index (χ3n) is 5.33. The average molecular weight is 461 g/mol. The molecule has 4 rings (SSSR count). The average Bonchev–Trinajstić information content (AvgIpc) is 3.35. The Bertz CT molecular complexity index is 1070. The smallest absolute Gasteiger partial charge is 0.246 e. The first-order chi connectivity index (χ1) is 15.2. The lowest BCUT2D eigenvalue weighted by Gasteiger charge is -2.51. The van der Waals surface area contributed by atoms with E-state index in [1.54, 1.807) is 37.3 Å². The Balaban J connectivity index is 1.23. The van der Waals surface area contributed by atoms with Crippen LogP contribution in [0, 0.1) is 6.92 Å². The molecule has 0 spiro atoms. The molecule has 1 aromatic carbocycles. The van der Waals surface area contributed by atoms with Crippen molar-refractivity contribution < 1.29 is 23.3 Å². The monoisotopic (exact) mass is 460 g/mol. The van der Waals surface area contributed by atoms with Gasteiger partial charge >= 0.3 is 0 Å². The van der Waals surface area contributed by atoms with E-state index in [1.807, 2.05) is 13.8 Å². The highest BCUT2D eigenvalue weighted by Crippen LogP contribution is 2.49. The van der Waals surface area contributed by atoms with Crippen molar-refractivity contribution in [3.63, 3.8) is 0 Å². The summed E-state index contributed by atoms with van der Waals surface area (Å²) in [6.45, 7) is 6.21. The predicted octanol–water partition coefficient (Wildman–Crippen LogP) is 3.74. The van der Waals surface area contributed by atoms with Crippen molar-refractivity contribution in [2.75, 3.05) is 6.61 Å². The van der Waals surface area contributed by atoms with Crippen molar-refractivity contribution in [1.29, 1.82) is 0 Å². The molecular weight excluding hydrogens is 436 g/mol. The SMILES string of the molecule is Cc1cc(COCC(=O)NC2(C)CC(C)(c3nc(COc4ccc(Cl)cc4)no3)C2)no1. The topological polar surface area (TPSA) is 113 Å². The van der Waals surface area contributed by atoms with Crippen molar-refractivity contribution in [3.8, 4) is 5.75 Å². The normalized spacial score (nSPS) is 22.4. The van der Waals surface area contributed by atoms with Gasteiger partial charge in [-0.2, -0.15) is 4.98 Å². The van der Waals surface area contributed by atoms with Crippen molar-refractivity contribution in [2.24, 2.45) is 0 Å². The number of amides is 1. The van der Waals surface area contributed by atoms with Crippen LogP contribution in [0.25, 0.3) is 0 Å². The maximum atomic E-state index is 12.3. The van der Waals surface area contributed by atoms with E-state index in [-0.39, 0.29) is 36.7 Å². The van der Waals surface area contributed by atoms with Crippen molar-refractivity contribution in [1.82, 2.24) is 20.6 Å².